The van der Waals surface area contributed by atoms with Crippen LogP contribution >= 0.6 is 11.3 Å². The van der Waals surface area contributed by atoms with Crippen LogP contribution in [0.5, 0.6) is 0 Å². The molecule has 1 aliphatic heterocycles. The number of nitrogens with one attached hydrogen (secondary N) is 1. The maximum Gasteiger partial charge on any atom is 0.254 e. The van der Waals surface area contributed by atoms with Gasteiger partial charge in [-0.3, -0.25) is 9.69 Å². The number of thiazole rings is 1. The summed E-state index contributed by atoms with van der Waals surface area (Å²) in [6.07, 6.45) is 3.66. The van der Waals surface area contributed by atoms with Gasteiger partial charge in [0.2, 0.25) is 0 Å². The molecule has 0 aliphatic carbocycles. The Labute approximate surface area is 168 Å². The molecule has 0 spiro atoms. The predicted octanol–water partition coefficient (Wildman–Crippen LogP) is 2.79. The highest BCUT2D eigenvalue weighted by atomic mass is 32.1. The normalized spacial score (nSPS) is 16.3. The van der Waals surface area contributed by atoms with Gasteiger partial charge in [0.25, 0.3) is 5.56 Å². The summed E-state index contributed by atoms with van der Waals surface area (Å²) in [6.45, 7) is 9.68. The molecular weight excluding hydrogens is 372 g/mol. The van der Waals surface area contributed by atoms with E-state index in [0.717, 1.165) is 43.3 Å². The third-order valence-corrected chi connectivity index (χ3v) is 6.36. The van der Waals surface area contributed by atoms with Crippen LogP contribution in [0, 0.1) is 13.8 Å². The van der Waals surface area contributed by atoms with Gasteiger partial charge in [-0.2, -0.15) is 0 Å². The summed E-state index contributed by atoms with van der Waals surface area (Å²) in [5.74, 6) is 1.52. The van der Waals surface area contributed by atoms with E-state index in [1.165, 1.54) is 5.01 Å². The second-order valence-corrected chi connectivity index (χ2v) is 8.03. The van der Waals surface area contributed by atoms with Crippen molar-refractivity contribution in [2.24, 2.45) is 0 Å². The number of anilines is 1. The molecule has 0 amide bonds. The fourth-order valence-electron chi connectivity index (χ4n) is 3.43. The van der Waals surface area contributed by atoms with Crippen molar-refractivity contribution in [2.75, 3.05) is 31.1 Å². The molecule has 0 bridgehead atoms. The summed E-state index contributed by atoms with van der Waals surface area (Å²) in [6, 6.07) is 4.33. The minimum atomic E-state index is -0.1000. The van der Waals surface area contributed by atoms with E-state index in [0.29, 0.717) is 17.4 Å². The Morgan fingerprint density at radius 1 is 1.14 bits per heavy atom. The second kappa shape index (κ2) is 7.81. The van der Waals surface area contributed by atoms with E-state index in [9.17, 15) is 4.79 Å². The Morgan fingerprint density at radius 3 is 2.54 bits per heavy atom. The van der Waals surface area contributed by atoms with Crippen LogP contribution in [0.4, 0.5) is 5.82 Å². The molecule has 7 nitrogen and oxygen atoms in total. The summed E-state index contributed by atoms with van der Waals surface area (Å²) in [4.78, 5) is 33.1. The highest BCUT2D eigenvalue weighted by Gasteiger charge is 2.24. The number of H-pyrrole nitrogens is 1. The van der Waals surface area contributed by atoms with Crippen LogP contribution in [-0.2, 0) is 0 Å². The lowest BCUT2D eigenvalue weighted by atomic mass is 10.2. The third-order valence-electron chi connectivity index (χ3n) is 5.41. The Morgan fingerprint density at radius 2 is 1.93 bits per heavy atom. The molecule has 1 N–H and O–H groups in total. The molecule has 0 saturated carbocycles. The lowest BCUT2D eigenvalue weighted by Crippen LogP contribution is -2.47. The van der Waals surface area contributed by atoms with Crippen molar-refractivity contribution in [1.29, 1.82) is 0 Å². The van der Waals surface area contributed by atoms with Crippen molar-refractivity contribution in [3.8, 4) is 11.4 Å². The zero-order chi connectivity index (χ0) is 19.7. The minimum absolute atomic E-state index is 0.1000. The lowest BCUT2D eigenvalue weighted by Gasteiger charge is -2.38. The largest absolute Gasteiger partial charge is 0.354 e. The molecule has 28 heavy (non-hydrogen) atoms. The van der Waals surface area contributed by atoms with E-state index < -0.39 is 0 Å². The van der Waals surface area contributed by atoms with Gasteiger partial charge in [-0.15, -0.1) is 11.3 Å². The highest BCUT2D eigenvalue weighted by molar-refractivity contribution is 7.09. The van der Waals surface area contributed by atoms with E-state index in [1.54, 1.807) is 24.5 Å². The number of aromatic amines is 1. The Balaban J connectivity index is 1.43. The molecule has 4 heterocycles. The van der Waals surface area contributed by atoms with Gasteiger partial charge < -0.3 is 9.88 Å². The van der Waals surface area contributed by atoms with Crippen LogP contribution < -0.4 is 10.5 Å². The lowest BCUT2D eigenvalue weighted by molar-refractivity contribution is 0.198. The van der Waals surface area contributed by atoms with Gasteiger partial charge in [-0.1, -0.05) is 0 Å². The first-order valence-corrected chi connectivity index (χ1v) is 10.3. The van der Waals surface area contributed by atoms with Crippen LogP contribution in [0.2, 0.25) is 0 Å². The molecule has 3 aromatic rings. The number of nitrogens with zero attached hydrogens (tertiary/aromatic N) is 5. The van der Waals surface area contributed by atoms with Crippen molar-refractivity contribution < 1.29 is 0 Å². The van der Waals surface area contributed by atoms with Gasteiger partial charge >= 0.3 is 0 Å². The standard InChI is InChI=1S/C20H24N6OS/c1-13-14(2)23-18(24-19(13)27)16-4-5-17(22-12-16)26-9-7-25(8-10-26)15(3)20-21-6-11-28-20/h4-6,11-12,15H,7-10H2,1-3H3,(H,23,24,27). The topological polar surface area (TPSA) is 78.0 Å². The molecule has 1 fully saturated rings. The monoisotopic (exact) mass is 396 g/mol. The molecule has 1 unspecified atom stereocenters. The fourth-order valence-corrected chi connectivity index (χ4v) is 4.16. The van der Waals surface area contributed by atoms with Gasteiger partial charge in [0.1, 0.15) is 16.6 Å². The average Bonchev–Trinajstić information content (AvgIpc) is 3.26. The van der Waals surface area contributed by atoms with E-state index in [2.05, 4.69) is 36.7 Å². The van der Waals surface area contributed by atoms with Gasteiger partial charge in [0.05, 0.1) is 6.04 Å². The number of piperazine rings is 1. The summed E-state index contributed by atoms with van der Waals surface area (Å²) in [7, 11) is 0. The highest BCUT2D eigenvalue weighted by Crippen LogP contribution is 2.25. The predicted molar refractivity (Wildman–Crippen MR) is 112 cm³/mol. The number of hydrogen-bond acceptors (Lipinski definition) is 7. The molecule has 1 aliphatic rings. The van der Waals surface area contributed by atoms with Crippen LogP contribution in [0.25, 0.3) is 11.4 Å². The number of hydrogen-bond donors (Lipinski definition) is 1. The van der Waals surface area contributed by atoms with Gasteiger partial charge in [-0.05, 0) is 32.9 Å². The molecule has 3 aromatic heterocycles. The van der Waals surface area contributed by atoms with Crippen molar-refractivity contribution >= 4 is 17.2 Å². The van der Waals surface area contributed by atoms with Crippen LogP contribution in [-0.4, -0.2) is 51.0 Å². The Hall–Kier alpha value is -2.58. The van der Waals surface area contributed by atoms with Gasteiger partial charge in [-0.25, -0.2) is 15.0 Å². The molecule has 8 heteroatoms. The van der Waals surface area contributed by atoms with Crippen molar-refractivity contribution in [2.45, 2.75) is 26.8 Å². The van der Waals surface area contributed by atoms with Crippen LogP contribution in [0.3, 0.4) is 0 Å². The molecule has 4 rings (SSSR count). The number of pyridine rings is 1. The minimum Gasteiger partial charge on any atom is -0.354 e. The fraction of sp³-hybridized carbons (Fsp3) is 0.400. The zero-order valence-corrected chi connectivity index (χ0v) is 17.2. The Bertz CT molecular complexity index is 991. The first-order chi connectivity index (χ1) is 13.5. The average molecular weight is 397 g/mol. The SMILES string of the molecule is Cc1nc(-c2ccc(N3CCN(C(C)c4nccs4)CC3)nc2)[nH]c(=O)c1C. The second-order valence-electron chi connectivity index (χ2n) is 7.10. The molecular formula is C20H24N6OS. The van der Waals surface area contributed by atoms with Crippen molar-refractivity contribution in [3.05, 3.63) is 56.5 Å². The summed E-state index contributed by atoms with van der Waals surface area (Å²) in [5, 5.41) is 3.20. The maximum atomic E-state index is 12.0. The van der Waals surface area contributed by atoms with E-state index in [1.807, 2.05) is 30.6 Å². The molecule has 0 radical (unpaired) electrons. The van der Waals surface area contributed by atoms with Gasteiger partial charge in [0, 0.05) is 60.8 Å². The van der Waals surface area contributed by atoms with E-state index in [4.69, 9.17) is 0 Å². The van der Waals surface area contributed by atoms with Crippen molar-refractivity contribution in [1.82, 2.24) is 24.8 Å². The van der Waals surface area contributed by atoms with Crippen molar-refractivity contribution in [3.63, 3.8) is 0 Å². The summed E-state index contributed by atoms with van der Waals surface area (Å²) in [5.41, 5.74) is 2.11. The molecule has 0 aromatic carbocycles. The number of aromatic nitrogens is 4. The van der Waals surface area contributed by atoms with E-state index in [-0.39, 0.29) is 5.56 Å². The first kappa shape index (κ1) is 18.8. The summed E-state index contributed by atoms with van der Waals surface area (Å²) < 4.78 is 0. The van der Waals surface area contributed by atoms with E-state index >= 15 is 0 Å². The molecule has 146 valence electrons. The maximum absolute atomic E-state index is 12.0. The third kappa shape index (κ3) is 3.70. The summed E-state index contributed by atoms with van der Waals surface area (Å²) >= 11 is 1.71. The number of rotatable bonds is 4. The zero-order valence-electron chi connectivity index (χ0n) is 16.3. The van der Waals surface area contributed by atoms with Crippen LogP contribution in [0.15, 0.2) is 34.7 Å². The molecule has 1 saturated heterocycles. The van der Waals surface area contributed by atoms with Gasteiger partial charge in [0.15, 0.2) is 0 Å². The first-order valence-electron chi connectivity index (χ1n) is 9.45. The molecule has 1 atom stereocenters. The Kier molecular flexibility index (Phi) is 5.23. The van der Waals surface area contributed by atoms with Crippen LogP contribution in [0.1, 0.15) is 29.2 Å². The number of aryl methyl sites for hydroxylation is 1. The quantitative estimate of drug-likeness (QED) is 0.731. The smallest absolute Gasteiger partial charge is 0.254 e.